The first kappa shape index (κ1) is 14.1. The van der Waals surface area contributed by atoms with Crippen molar-refractivity contribution in [1.29, 1.82) is 0 Å². The van der Waals surface area contributed by atoms with E-state index >= 15 is 0 Å². The van der Waals surface area contributed by atoms with Crippen LogP contribution in [-0.4, -0.2) is 25.2 Å². The van der Waals surface area contributed by atoms with Crippen LogP contribution in [0, 0.1) is 0 Å². The minimum atomic E-state index is -0.552. The molecule has 0 amide bonds. The molecule has 0 bridgehead atoms. The molecule has 0 saturated heterocycles. The number of ether oxygens (including phenoxy) is 1. The molecule has 1 saturated carbocycles. The first-order valence-corrected chi connectivity index (χ1v) is 7.13. The van der Waals surface area contributed by atoms with Crippen LogP contribution >= 0.6 is 0 Å². The van der Waals surface area contributed by atoms with Gasteiger partial charge in [-0.25, -0.2) is 0 Å². The summed E-state index contributed by atoms with van der Waals surface area (Å²) < 4.78 is 5.10. The quantitative estimate of drug-likeness (QED) is 0.847. The number of likely N-dealkylation sites (N-methyl/N-ethyl adjacent to an activating group) is 1. The zero-order valence-corrected chi connectivity index (χ0v) is 11.8. The summed E-state index contributed by atoms with van der Waals surface area (Å²) in [5.41, 5.74) is 0.678. The molecule has 19 heavy (non-hydrogen) atoms. The third-order valence-electron chi connectivity index (χ3n) is 4.15. The highest BCUT2D eigenvalue weighted by atomic mass is 16.5. The van der Waals surface area contributed by atoms with E-state index in [1.807, 2.05) is 25.1 Å². The third kappa shape index (κ3) is 2.66. The molecular weight excluding hydrogens is 238 g/mol. The summed E-state index contributed by atoms with van der Waals surface area (Å²) in [4.78, 5) is 12.4. The Morgan fingerprint density at radius 3 is 2.74 bits per heavy atom. The molecule has 1 aliphatic carbocycles. The lowest BCUT2D eigenvalue weighted by atomic mass is 9.69. The molecule has 3 heteroatoms. The van der Waals surface area contributed by atoms with Crippen LogP contribution in [0.1, 0.15) is 44.1 Å². The molecule has 1 aromatic rings. The maximum atomic E-state index is 12.4. The summed E-state index contributed by atoms with van der Waals surface area (Å²) in [6.07, 6.45) is 4.13. The van der Waals surface area contributed by atoms with Crippen molar-refractivity contribution < 1.29 is 9.53 Å². The standard InChI is InChI=1S/C16H23NO2/c1-3-17-16(15(18)19-2)12-8-7-11-14(16)13-9-5-4-6-10-13/h4-6,9-10,14,17H,3,7-8,11-12H2,1-2H3. The molecule has 1 N–H and O–H groups in total. The molecule has 0 spiro atoms. The summed E-state index contributed by atoms with van der Waals surface area (Å²) >= 11 is 0. The number of benzene rings is 1. The van der Waals surface area contributed by atoms with Crippen molar-refractivity contribution in [2.45, 2.75) is 44.1 Å². The van der Waals surface area contributed by atoms with E-state index in [1.165, 1.54) is 19.1 Å². The van der Waals surface area contributed by atoms with Gasteiger partial charge in [-0.05, 0) is 24.9 Å². The molecule has 104 valence electrons. The van der Waals surface area contributed by atoms with Crippen molar-refractivity contribution >= 4 is 5.97 Å². The molecule has 0 radical (unpaired) electrons. The van der Waals surface area contributed by atoms with E-state index in [4.69, 9.17) is 4.74 Å². The second kappa shape index (κ2) is 6.20. The number of rotatable bonds is 4. The van der Waals surface area contributed by atoms with Crippen LogP contribution < -0.4 is 5.32 Å². The van der Waals surface area contributed by atoms with Gasteiger partial charge in [-0.15, -0.1) is 0 Å². The Bertz CT molecular complexity index is 414. The Morgan fingerprint density at radius 2 is 2.11 bits per heavy atom. The Morgan fingerprint density at radius 1 is 1.37 bits per heavy atom. The number of carbonyl (C=O) groups excluding carboxylic acids is 1. The number of esters is 1. The average Bonchev–Trinajstić information content (AvgIpc) is 2.48. The topological polar surface area (TPSA) is 38.3 Å². The molecule has 1 fully saturated rings. The van der Waals surface area contributed by atoms with Gasteiger partial charge in [0.05, 0.1) is 7.11 Å². The van der Waals surface area contributed by atoms with Crippen molar-refractivity contribution in [2.24, 2.45) is 0 Å². The van der Waals surface area contributed by atoms with Gasteiger partial charge >= 0.3 is 5.97 Å². The molecule has 1 aromatic carbocycles. The maximum Gasteiger partial charge on any atom is 0.326 e. The summed E-state index contributed by atoms with van der Waals surface area (Å²) in [6, 6.07) is 10.3. The number of methoxy groups -OCH3 is 1. The highest BCUT2D eigenvalue weighted by molar-refractivity contribution is 5.82. The average molecular weight is 261 g/mol. The van der Waals surface area contributed by atoms with Crippen molar-refractivity contribution in [2.75, 3.05) is 13.7 Å². The Kier molecular flexibility index (Phi) is 4.59. The highest BCUT2D eigenvalue weighted by Crippen LogP contribution is 2.41. The minimum absolute atomic E-state index is 0.122. The van der Waals surface area contributed by atoms with E-state index in [0.29, 0.717) is 0 Å². The first-order valence-electron chi connectivity index (χ1n) is 7.13. The third-order valence-corrected chi connectivity index (χ3v) is 4.15. The smallest absolute Gasteiger partial charge is 0.326 e. The van der Waals surface area contributed by atoms with Gasteiger partial charge in [0, 0.05) is 5.92 Å². The Labute approximate surface area is 115 Å². The second-order valence-corrected chi connectivity index (χ2v) is 5.20. The molecule has 2 unspecified atom stereocenters. The number of hydrogen-bond acceptors (Lipinski definition) is 3. The monoisotopic (exact) mass is 261 g/mol. The molecule has 2 rings (SSSR count). The van der Waals surface area contributed by atoms with E-state index in [0.717, 1.165) is 25.8 Å². The van der Waals surface area contributed by atoms with E-state index in [1.54, 1.807) is 0 Å². The van der Waals surface area contributed by atoms with Crippen molar-refractivity contribution in [3.05, 3.63) is 35.9 Å². The van der Waals surface area contributed by atoms with Gasteiger partial charge in [0.1, 0.15) is 5.54 Å². The summed E-state index contributed by atoms with van der Waals surface area (Å²) in [7, 11) is 1.48. The molecule has 1 aliphatic rings. The molecule has 0 heterocycles. The van der Waals surface area contributed by atoms with E-state index in [2.05, 4.69) is 17.4 Å². The predicted molar refractivity (Wildman–Crippen MR) is 76.1 cm³/mol. The number of hydrogen-bond donors (Lipinski definition) is 1. The van der Waals surface area contributed by atoms with E-state index < -0.39 is 5.54 Å². The predicted octanol–water partition coefficient (Wildman–Crippen LogP) is 2.87. The van der Waals surface area contributed by atoms with Gasteiger partial charge in [0.25, 0.3) is 0 Å². The Balaban J connectivity index is 2.39. The van der Waals surface area contributed by atoms with Crippen LogP contribution in [0.25, 0.3) is 0 Å². The lowest BCUT2D eigenvalue weighted by molar-refractivity contribution is -0.151. The zero-order chi connectivity index (χ0) is 13.7. The number of nitrogens with one attached hydrogen (secondary N) is 1. The van der Waals surface area contributed by atoms with Crippen molar-refractivity contribution in [3.63, 3.8) is 0 Å². The normalized spacial score (nSPS) is 26.9. The van der Waals surface area contributed by atoms with Crippen molar-refractivity contribution in [3.8, 4) is 0 Å². The molecule has 0 aliphatic heterocycles. The largest absolute Gasteiger partial charge is 0.468 e. The first-order chi connectivity index (χ1) is 9.24. The van der Waals surface area contributed by atoms with Gasteiger partial charge in [-0.1, -0.05) is 50.1 Å². The minimum Gasteiger partial charge on any atom is -0.468 e. The Hall–Kier alpha value is -1.35. The zero-order valence-electron chi connectivity index (χ0n) is 11.8. The maximum absolute atomic E-state index is 12.4. The second-order valence-electron chi connectivity index (χ2n) is 5.20. The van der Waals surface area contributed by atoms with Crippen LogP contribution in [-0.2, 0) is 9.53 Å². The van der Waals surface area contributed by atoms with Gasteiger partial charge in [-0.3, -0.25) is 4.79 Å². The highest BCUT2D eigenvalue weighted by Gasteiger charge is 2.47. The lowest BCUT2D eigenvalue weighted by Gasteiger charge is -2.42. The fraction of sp³-hybridized carbons (Fsp3) is 0.562. The summed E-state index contributed by atoms with van der Waals surface area (Å²) in [6.45, 7) is 2.82. The van der Waals surface area contributed by atoms with Crippen LogP contribution in [0.2, 0.25) is 0 Å². The van der Waals surface area contributed by atoms with Crippen LogP contribution in [0.5, 0.6) is 0 Å². The SMILES string of the molecule is CCNC1(C(=O)OC)CCCCC1c1ccccc1. The van der Waals surface area contributed by atoms with Crippen LogP contribution in [0.15, 0.2) is 30.3 Å². The van der Waals surface area contributed by atoms with E-state index in [9.17, 15) is 4.79 Å². The van der Waals surface area contributed by atoms with Gasteiger partial charge < -0.3 is 10.1 Å². The summed E-state index contributed by atoms with van der Waals surface area (Å²) in [5.74, 6) is 0.0813. The summed E-state index contributed by atoms with van der Waals surface area (Å²) in [5, 5.41) is 3.42. The van der Waals surface area contributed by atoms with Gasteiger partial charge in [0.2, 0.25) is 0 Å². The van der Waals surface area contributed by atoms with Crippen molar-refractivity contribution in [1.82, 2.24) is 5.32 Å². The molecule has 0 aromatic heterocycles. The van der Waals surface area contributed by atoms with Gasteiger partial charge in [0.15, 0.2) is 0 Å². The van der Waals surface area contributed by atoms with E-state index in [-0.39, 0.29) is 11.9 Å². The molecule has 3 nitrogen and oxygen atoms in total. The van der Waals surface area contributed by atoms with Gasteiger partial charge in [-0.2, -0.15) is 0 Å². The molecule has 2 atom stereocenters. The van der Waals surface area contributed by atoms with Crippen LogP contribution in [0.4, 0.5) is 0 Å². The van der Waals surface area contributed by atoms with Crippen LogP contribution in [0.3, 0.4) is 0 Å². The lowest BCUT2D eigenvalue weighted by Crippen LogP contribution is -2.58. The fourth-order valence-corrected chi connectivity index (χ4v) is 3.34. The fourth-order valence-electron chi connectivity index (χ4n) is 3.34. The number of carbonyl (C=O) groups is 1. The molecular formula is C16H23NO2.